The quantitative estimate of drug-likeness (QED) is 0.154. The van der Waals surface area contributed by atoms with Gasteiger partial charge < -0.3 is 14.8 Å². The molecular weight excluding hydrogens is 366 g/mol. The van der Waals surface area contributed by atoms with Crippen LogP contribution in [0.3, 0.4) is 0 Å². The summed E-state index contributed by atoms with van der Waals surface area (Å²) in [6.07, 6.45) is 16.7. The van der Waals surface area contributed by atoms with E-state index in [-0.39, 0.29) is 36.9 Å². The maximum atomic E-state index is 12.1. The van der Waals surface area contributed by atoms with Gasteiger partial charge in [0, 0.05) is 31.7 Å². The largest absolute Gasteiger partial charge is 0.462 e. The molecule has 0 saturated carbocycles. The minimum absolute atomic E-state index is 0.0751. The van der Waals surface area contributed by atoms with Crippen LogP contribution in [0.5, 0.6) is 0 Å². The lowest BCUT2D eigenvalue weighted by atomic mass is 10.1. The lowest BCUT2D eigenvalue weighted by molar-refractivity contribution is -0.150. The highest BCUT2D eigenvalue weighted by Crippen LogP contribution is 2.13. The van der Waals surface area contributed by atoms with Crippen molar-refractivity contribution in [3.63, 3.8) is 0 Å². The molecule has 0 radical (unpaired) electrons. The first kappa shape index (κ1) is 27.6. The minimum Gasteiger partial charge on any atom is -0.462 e. The third-order valence-corrected chi connectivity index (χ3v) is 5.25. The molecule has 0 aromatic heterocycles. The van der Waals surface area contributed by atoms with E-state index in [1.807, 2.05) is 13.8 Å². The molecule has 5 nitrogen and oxygen atoms in total. The molecule has 0 fully saturated rings. The van der Waals surface area contributed by atoms with Gasteiger partial charge in [0.1, 0.15) is 12.4 Å². The Bertz CT molecular complexity index is 425. The lowest BCUT2D eigenvalue weighted by Crippen LogP contribution is -2.36. The first-order valence-corrected chi connectivity index (χ1v) is 12.0. The van der Waals surface area contributed by atoms with E-state index in [1.165, 1.54) is 57.8 Å². The first-order valence-electron chi connectivity index (χ1n) is 12.0. The van der Waals surface area contributed by atoms with Gasteiger partial charge in [0.2, 0.25) is 5.91 Å². The molecule has 0 heterocycles. The summed E-state index contributed by atoms with van der Waals surface area (Å²) in [6, 6.07) is -0.0751. The van der Waals surface area contributed by atoms with E-state index >= 15 is 0 Å². The van der Waals surface area contributed by atoms with Crippen LogP contribution in [0.15, 0.2) is 0 Å². The van der Waals surface area contributed by atoms with Gasteiger partial charge in [-0.25, -0.2) is 0 Å². The topological polar surface area (TPSA) is 72.5 Å². The van der Waals surface area contributed by atoms with E-state index in [0.717, 1.165) is 25.5 Å². The van der Waals surface area contributed by atoms with E-state index in [1.54, 1.807) is 0 Å². The smallest absolute Gasteiger partial charge is 0.306 e. The van der Waals surface area contributed by atoms with Crippen molar-refractivity contribution in [1.29, 1.82) is 0 Å². The highest BCUT2D eigenvalue weighted by molar-refractivity contribution is 5.78. The van der Waals surface area contributed by atoms with Gasteiger partial charge in [0.15, 0.2) is 0 Å². The van der Waals surface area contributed by atoms with Crippen molar-refractivity contribution in [2.45, 2.75) is 136 Å². The zero-order valence-electron chi connectivity index (χ0n) is 19.2. The Morgan fingerprint density at radius 1 is 0.862 bits per heavy atom. The molecule has 0 rings (SSSR count). The van der Waals surface area contributed by atoms with Crippen LogP contribution in [0, 0.1) is 0 Å². The van der Waals surface area contributed by atoms with Crippen molar-refractivity contribution >= 4 is 18.2 Å². The molecule has 1 N–H and O–H groups in total. The van der Waals surface area contributed by atoms with Gasteiger partial charge in [0.05, 0.1) is 0 Å². The zero-order chi connectivity index (χ0) is 21.7. The number of hydrogen-bond acceptors (Lipinski definition) is 4. The first-order chi connectivity index (χ1) is 14.0. The van der Waals surface area contributed by atoms with Crippen LogP contribution in [0.25, 0.3) is 0 Å². The SMILES string of the molecule is CCCCCCCCCCCCCC(=O)OC(CC)CC(C)NC(=O)CCC=O. The highest BCUT2D eigenvalue weighted by atomic mass is 16.5. The molecule has 29 heavy (non-hydrogen) atoms. The van der Waals surface area contributed by atoms with Crippen molar-refractivity contribution in [1.82, 2.24) is 5.32 Å². The highest BCUT2D eigenvalue weighted by Gasteiger charge is 2.17. The maximum absolute atomic E-state index is 12.1. The number of amides is 1. The summed E-state index contributed by atoms with van der Waals surface area (Å²) in [5.41, 5.74) is 0. The molecule has 1 amide bonds. The van der Waals surface area contributed by atoms with Gasteiger partial charge in [-0.05, 0) is 19.8 Å². The fraction of sp³-hybridized carbons (Fsp3) is 0.875. The molecule has 2 atom stereocenters. The Kier molecular flexibility index (Phi) is 19.0. The second-order valence-corrected chi connectivity index (χ2v) is 8.22. The number of rotatable bonds is 20. The van der Waals surface area contributed by atoms with Crippen molar-refractivity contribution in [2.24, 2.45) is 0 Å². The van der Waals surface area contributed by atoms with Gasteiger partial charge in [-0.15, -0.1) is 0 Å². The van der Waals surface area contributed by atoms with Crippen molar-refractivity contribution in [3.05, 3.63) is 0 Å². The molecule has 0 aromatic rings. The van der Waals surface area contributed by atoms with Crippen LogP contribution in [-0.2, 0) is 19.1 Å². The Morgan fingerprint density at radius 2 is 1.41 bits per heavy atom. The van der Waals surface area contributed by atoms with Crippen molar-refractivity contribution < 1.29 is 19.1 Å². The molecule has 2 unspecified atom stereocenters. The second-order valence-electron chi connectivity index (χ2n) is 8.22. The summed E-state index contributed by atoms with van der Waals surface area (Å²) >= 11 is 0. The predicted octanol–water partition coefficient (Wildman–Crippen LogP) is 5.88. The minimum atomic E-state index is -0.170. The molecule has 0 aliphatic rings. The van der Waals surface area contributed by atoms with Crippen molar-refractivity contribution in [2.75, 3.05) is 0 Å². The summed E-state index contributed by atoms with van der Waals surface area (Å²) in [4.78, 5) is 34.0. The molecule has 0 bridgehead atoms. The molecule has 170 valence electrons. The Labute approximate surface area is 178 Å². The van der Waals surface area contributed by atoms with Crippen LogP contribution >= 0.6 is 0 Å². The van der Waals surface area contributed by atoms with Gasteiger partial charge in [-0.1, -0.05) is 78.1 Å². The monoisotopic (exact) mass is 411 g/mol. The normalized spacial score (nSPS) is 12.9. The fourth-order valence-electron chi connectivity index (χ4n) is 3.47. The molecular formula is C24H45NO4. The third-order valence-electron chi connectivity index (χ3n) is 5.25. The van der Waals surface area contributed by atoms with E-state index in [2.05, 4.69) is 12.2 Å². The number of unbranched alkanes of at least 4 members (excludes halogenated alkanes) is 10. The number of nitrogens with one attached hydrogen (secondary N) is 1. The molecule has 0 aliphatic heterocycles. The van der Waals surface area contributed by atoms with Crippen LogP contribution in [0.1, 0.15) is 124 Å². The molecule has 5 heteroatoms. The number of hydrogen-bond donors (Lipinski definition) is 1. The number of ether oxygens (including phenoxy) is 1. The lowest BCUT2D eigenvalue weighted by Gasteiger charge is -2.21. The number of carbonyl (C=O) groups is 3. The standard InChI is InChI=1S/C24H45NO4/c1-4-6-7-8-9-10-11-12-13-14-15-18-24(28)29-22(5-2)20-21(3)25-23(27)17-16-19-26/h19,21-22H,4-18,20H2,1-3H3,(H,25,27). The number of aldehydes is 1. The summed E-state index contributed by atoms with van der Waals surface area (Å²) in [5, 5.41) is 2.85. The number of carbonyl (C=O) groups excluding carboxylic acids is 3. The van der Waals surface area contributed by atoms with E-state index < -0.39 is 0 Å². The number of esters is 1. The Morgan fingerprint density at radius 3 is 1.93 bits per heavy atom. The molecule has 0 spiro atoms. The summed E-state index contributed by atoms with van der Waals surface area (Å²) in [6.45, 7) is 6.14. The van der Waals surface area contributed by atoms with E-state index in [0.29, 0.717) is 12.8 Å². The maximum Gasteiger partial charge on any atom is 0.306 e. The summed E-state index contributed by atoms with van der Waals surface area (Å²) < 4.78 is 5.58. The summed E-state index contributed by atoms with van der Waals surface area (Å²) in [7, 11) is 0. The molecule has 0 saturated heterocycles. The average Bonchev–Trinajstić information content (AvgIpc) is 2.69. The van der Waals surface area contributed by atoms with Gasteiger partial charge in [-0.2, -0.15) is 0 Å². The predicted molar refractivity (Wildman–Crippen MR) is 119 cm³/mol. The Hall–Kier alpha value is -1.39. The van der Waals surface area contributed by atoms with Crippen molar-refractivity contribution in [3.8, 4) is 0 Å². The fourth-order valence-corrected chi connectivity index (χ4v) is 3.47. The van der Waals surface area contributed by atoms with Gasteiger partial charge >= 0.3 is 5.97 Å². The van der Waals surface area contributed by atoms with Gasteiger partial charge in [-0.3, -0.25) is 9.59 Å². The van der Waals surface area contributed by atoms with E-state index in [9.17, 15) is 14.4 Å². The Balaban J connectivity index is 3.72. The van der Waals surface area contributed by atoms with E-state index in [4.69, 9.17) is 4.74 Å². The van der Waals surface area contributed by atoms with Crippen LogP contribution in [0.2, 0.25) is 0 Å². The molecule has 0 aromatic carbocycles. The van der Waals surface area contributed by atoms with Gasteiger partial charge in [0.25, 0.3) is 0 Å². The summed E-state index contributed by atoms with van der Waals surface area (Å²) in [5.74, 6) is -0.265. The van der Waals surface area contributed by atoms with Crippen LogP contribution in [0.4, 0.5) is 0 Å². The molecule has 0 aliphatic carbocycles. The third kappa shape index (κ3) is 18.4. The second kappa shape index (κ2) is 19.9. The zero-order valence-corrected chi connectivity index (χ0v) is 19.2. The average molecular weight is 412 g/mol. The van der Waals surface area contributed by atoms with Crippen LogP contribution in [-0.4, -0.2) is 30.3 Å². The van der Waals surface area contributed by atoms with Crippen LogP contribution < -0.4 is 5.32 Å².